The molecule has 1 atom stereocenters. The van der Waals surface area contributed by atoms with Crippen LogP contribution in [0.2, 0.25) is 5.02 Å². The molecular weight excluding hydrogens is 236 g/mol. The molecule has 3 nitrogen and oxygen atoms in total. The van der Waals surface area contributed by atoms with E-state index in [-0.39, 0.29) is 11.9 Å². The van der Waals surface area contributed by atoms with Crippen LogP contribution >= 0.6 is 11.6 Å². The molecule has 0 saturated heterocycles. The number of amides is 1. The standard InChI is InChI=1S/C13H13ClN2O/c14-11-5-1-9(2-6-11)7-13(17)16-12(8-15)10-3-4-10/h1-2,5-6,10,12H,3-4,7H2,(H,16,17). The van der Waals surface area contributed by atoms with Crippen LogP contribution in [0.25, 0.3) is 0 Å². The molecule has 4 heteroatoms. The summed E-state index contributed by atoms with van der Waals surface area (Å²) in [6.07, 6.45) is 2.38. The van der Waals surface area contributed by atoms with E-state index in [9.17, 15) is 4.79 Å². The second kappa shape index (κ2) is 5.20. The molecule has 1 amide bonds. The average Bonchev–Trinajstić information content (AvgIpc) is 3.13. The van der Waals surface area contributed by atoms with E-state index in [1.807, 2.05) is 12.1 Å². The fourth-order valence-corrected chi connectivity index (χ4v) is 1.82. The summed E-state index contributed by atoms with van der Waals surface area (Å²) in [6.45, 7) is 0. The normalized spacial score (nSPS) is 16.0. The minimum absolute atomic E-state index is 0.106. The van der Waals surface area contributed by atoms with Crippen molar-refractivity contribution in [2.24, 2.45) is 5.92 Å². The van der Waals surface area contributed by atoms with Gasteiger partial charge >= 0.3 is 0 Å². The second-order valence-electron chi connectivity index (χ2n) is 4.31. The SMILES string of the molecule is N#CC(NC(=O)Cc1ccc(Cl)cc1)C1CC1. The van der Waals surface area contributed by atoms with Crippen LogP contribution in [0.5, 0.6) is 0 Å². The van der Waals surface area contributed by atoms with E-state index in [1.54, 1.807) is 12.1 Å². The summed E-state index contributed by atoms with van der Waals surface area (Å²) in [5, 5.41) is 12.3. The van der Waals surface area contributed by atoms with Crippen LogP contribution in [0.15, 0.2) is 24.3 Å². The van der Waals surface area contributed by atoms with Crippen LogP contribution in [0.1, 0.15) is 18.4 Å². The van der Waals surface area contributed by atoms with Crippen LogP contribution < -0.4 is 5.32 Å². The Hall–Kier alpha value is -1.53. The summed E-state index contributed by atoms with van der Waals surface area (Å²) in [7, 11) is 0. The lowest BCUT2D eigenvalue weighted by atomic mass is 10.1. The number of carbonyl (C=O) groups is 1. The van der Waals surface area contributed by atoms with Gasteiger partial charge in [0.2, 0.25) is 5.91 Å². The molecule has 0 aliphatic heterocycles. The fourth-order valence-electron chi connectivity index (χ4n) is 1.70. The van der Waals surface area contributed by atoms with E-state index in [4.69, 9.17) is 16.9 Å². The predicted molar refractivity (Wildman–Crippen MR) is 65.4 cm³/mol. The molecule has 1 aliphatic rings. The summed E-state index contributed by atoms with van der Waals surface area (Å²) < 4.78 is 0. The van der Waals surface area contributed by atoms with Gasteiger partial charge in [0.15, 0.2) is 0 Å². The van der Waals surface area contributed by atoms with E-state index in [1.165, 1.54) is 0 Å². The van der Waals surface area contributed by atoms with Gasteiger partial charge in [-0.1, -0.05) is 23.7 Å². The minimum atomic E-state index is -0.324. The lowest BCUT2D eigenvalue weighted by Gasteiger charge is -2.10. The predicted octanol–water partition coefficient (Wildman–Crippen LogP) is 2.30. The maximum absolute atomic E-state index is 11.7. The first-order valence-corrected chi connectivity index (χ1v) is 6.00. The van der Waals surface area contributed by atoms with Crippen molar-refractivity contribution in [3.8, 4) is 6.07 Å². The number of nitriles is 1. The van der Waals surface area contributed by atoms with Crippen LogP contribution in [-0.2, 0) is 11.2 Å². The molecule has 1 aliphatic carbocycles. The zero-order chi connectivity index (χ0) is 12.3. The Kier molecular flexibility index (Phi) is 3.65. The molecule has 0 aromatic heterocycles. The van der Waals surface area contributed by atoms with Crippen LogP contribution in [0.4, 0.5) is 0 Å². The molecule has 2 rings (SSSR count). The molecule has 1 N–H and O–H groups in total. The third-order valence-electron chi connectivity index (χ3n) is 2.83. The Morgan fingerprint density at radius 2 is 2.12 bits per heavy atom. The number of halogens is 1. The molecule has 1 saturated carbocycles. The lowest BCUT2D eigenvalue weighted by Crippen LogP contribution is -2.36. The van der Waals surface area contributed by atoms with Gasteiger partial charge in [0.1, 0.15) is 6.04 Å². The van der Waals surface area contributed by atoms with Crippen molar-refractivity contribution in [3.05, 3.63) is 34.9 Å². The third kappa shape index (κ3) is 3.47. The van der Waals surface area contributed by atoms with E-state index in [0.717, 1.165) is 18.4 Å². The molecule has 1 fully saturated rings. The Morgan fingerprint density at radius 3 is 2.65 bits per heavy atom. The van der Waals surface area contributed by atoms with E-state index < -0.39 is 0 Å². The van der Waals surface area contributed by atoms with Gasteiger partial charge in [0, 0.05) is 5.02 Å². The molecule has 1 aromatic carbocycles. The summed E-state index contributed by atoms with van der Waals surface area (Å²) in [6, 6.07) is 8.97. The first kappa shape index (κ1) is 11.9. The van der Waals surface area contributed by atoms with Gasteiger partial charge in [-0.3, -0.25) is 4.79 Å². The Morgan fingerprint density at radius 1 is 1.47 bits per heavy atom. The van der Waals surface area contributed by atoms with Crippen molar-refractivity contribution < 1.29 is 4.79 Å². The van der Waals surface area contributed by atoms with Gasteiger partial charge in [0.25, 0.3) is 0 Å². The zero-order valence-corrected chi connectivity index (χ0v) is 10.1. The van der Waals surface area contributed by atoms with Crippen molar-refractivity contribution in [3.63, 3.8) is 0 Å². The van der Waals surface area contributed by atoms with Crippen molar-refractivity contribution in [1.29, 1.82) is 5.26 Å². The average molecular weight is 249 g/mol. The highest BCUT2D eigenvalue weighted by molar-refractivity contribution is 6.30. The number of nitrogens with one attached hydrogen (secondary N) is 1. The Bertz CT molecular complexity index is 445. The molecule has 88 valence electrons. The number of nitrogens with zero attached hydrogens (tertiary/aromatic N) is 1. The largest absolute Gasteiger partial charge is 0.340 e. The Balaban J connectivity index is 1.88. The molecule has 0 spiro atoms. The monoisotopic (exact) mass is 248 g/mol. The van der Waals surface area contributed by atoms with E-state index in [0.29, 0.717) is 17.4 Å². The fraction of sp³-hybridized carbons (Fsp3) is 0.385. The topological polar surface area (TPSA) is 52.9 Å². The van der Waals surface area contributed by atoms with Gasteiger partial charge in [-0.2, -0.15) is 5.26 Å². The zero-order valence-electron chi connectivity index (χ0n) is 9.32. The number of hydrogen-bond acceptors (Lipinski definition) is 2. The quantitative estimate of drug-likeness (QED) is 0.889. The van der Waals surface area contributed by atoms with Gasteiger partial charge in [-0.25, -0.2) is 0 Å². The van der Waals surface area contributed by atoms with Gasteiger partial charge in [-0.15, -0.1) is 0 Å². The molecule has 0 bridgehead atoms. The number of benzene rings is 1. The van der Waals surface area contributed by atoms with E-state index >= 15 is 0 Å². The maximum atomic E-state index is 11.7. The highest BCUT2D eigenvalue weighted by Crippen LogP contribution is 2.32. The number of carbonyl (C=O) groups excluding carboxylic acids is 1. The van der Waals surface area contributed by atoms with Crippen LogP contribution in [-0.4, -0.2) is 11.9 Å². The summed E-state index contributed by atoms with van der Waals surface area (Å²) in [5.41, 5.74) is 0.902. The minimum Gasteiger partial charge on any atom is -0.340 e. The van der Waals surface area contributed by atoms with Crippen molar-refractivity contribution >= 4 is 17.5 Å². The molecule has 0 heterocycles. The van der Waals surface area contributed by atoms with Gasteiger partial charge in [-0.05, 0) is 36.5 Å². The molecular formula is C13H13ClN2O. The first-order valence-electron chi connectivity index (χ1n) is 5.62. The van der Waals surface area contributed by atoms with Crippen molar-refractivity contribution in [1.82, 2.24) is 5.32 Å². The summed E-state index contributed by atoms with van der Waals surface area (Å²) >= 11 is 5.76. The smallest absolute Gasteiger partial charge is 0.225 e. The van der Waals surface area contributed by atoms with Gasteiger partial charge < -0.3 is 5.32 Å². The summed E-state index contributed by atoms with van der Waals surface area (Å²) in [5.74, 6) is 0.250. The molecule has 17 heavy (non-hydrogen) atoms. The maximum Gasteiger partial charge on any atom is 0.225 e. The number of rotatable bonds is 4. The highest BCUT2D eigenvalue weighted by Gasteiger charge is 2.32. The van der Waals surface area contributed by atoms with Gasteiger partial charge in [0.05, 0.1) is 12.5 Å². The van der Waals surface area contributed by atoms with Crippen LogP contribution in [0.3, 0.4) is 0 Å². The lowest BCUT2D eigenvalue weighted by molar-refractivity contribution is -0.120. The molecule has 1 unspecified atom stereocenters. The van der Waals surface area contributed by atoms with E-state index in [2.05, 4.69) is 11.4 Å². The molecule has 0 radical (unpaired) electrons. The van der Waals surface area contributed by atoms with Crippen molar-refractivity contribution in [2.75, 3.05) is 0 Å². The summed E-state index contributed by atoms with van der Waals surface area (Å²) in [4.78, 5) is 11.7. The Labute approximate surface area is 105 Å². The second-order valence-corrected chi connectivity index (χ2v) is 4.75. The van der Waals surface area contributed by atoms with Crippen LogP contribution in [0, 0.1) is 17.2 Å². The highest BCUT2D eigenvalue weighted by atomic mass is 35.5. The first-order chi connectivity index (χ1) is 8.19. The number of hydrogen-bond donors (Lipinski definition) is 1. The third-order valence-corrected chi connectivity index (χ3v) is 3.08. The molecule has 1 aromatic rings. The van der Waals surface area contributed by atoms with Crippen molar-refractivity contribution in [2.45, 2.75) is 25.3 Å².